The lowest BCUT2D eigenvalue weighted by molar-refractivity contribution is -0.143. The summed E-state index contributed by atoms with van der Waals surface area (Å²) in [6.45, 7) is 1.91. The van der Waals surface area contributed by atoms with Gasteiger partial charge in [0.25, 0.3) is 0 Å². The van der Waals surface area contributed by atoms with Crippen molar-refractivity contribution in [2.24, 2.45) is 10.9 Å². The van der Waals surface area contributed by atoms with Crippen molar-refractivity contribution in [2.45, 2.75) is 38.6 Å². The second-order valence-corrected chi connectivity index (χ2v) is 5.53. The fourth-order valence-corrected chi connectivity index (χ4v) is 2.68. The van der Waals surface area contributed by atoms with Gasteiger partial charge in [-0.1, -0.05) is 24.4 Å². The summed E-state index contributed by atoms with van der Waals surface area (Å²) < 4.78 is 4.99. The van der Waals surface area contributed by atoms with Crippen LogP contribution in [0.25, 0.3) is 0 Å². The van der Waals surface area contributed by atoms with E-state index in [0.29, 0.717) is 0 Å². The molecule has 1 aromatic rings. The van der Waals surface area contributed by atoms with Crippen molar-refractivity contribution < 1.29 is 14.3 Å². The van der Waals surface area contributed by atoms with E-state index >= 15 is 0 Å². The maximum atomic E-state index is 12.6. The van der Waals surface area contributed by atoms with Crippen LogP contribution >= 0.6 is 11.6 Å². The van der Waals surface area contributed by atoms with Crippen LogP contribution in [0.2, 0.25) is 5.15 Å². The van der Waals surface area contributed by atoms with E-state index in [-0.39, 0.29) is 23.4 Å². The van der Waals surface area contributed by atoms with Gasteiger partial charge in [0, 0.05) is 18.5 Å². The van der Waals surface area contributed by atoms with Gasteiger partial charge >= 0.3 is 5.97 Å². The molecule has 0 amide bonds. The number of esters is 1. The minimum atomic E-state index is -1.07. The molecule has 0 aliphatic heterocycles. The molecule has 1 saturated carbocycles. The zero-order valence-corrected chi connectivity index (χ0v) is 13.3. The van der Waals surface area contributed by atoms with Crippen LogP contribution in [0.5, 0.6) is 0 Å². The standard InChI is InChI=1S/C16H19ClN2O3/c1-2-22-16(21)13(10-19-11-6-3-4-7-11)14(20)12-8-5-9-18-15(12)17/h5,8-11,13H,2-4,6-7H2,1H3. The van der Waals surface area contributed by atoms with Crippen LogP contribution in [0.15, 0.2) is 23.3 Å². The monoisotopic (exact) mass is 322 g/mol. The summed E-state index contributed by atoms with van der Waals surface area (Å²) in [6, 6.07) is 3.34. The number of pyridine rings is 1. The molecule has 6 heteroatoms. The number of ketones is 1. The maximum Gasteiger partial charge on any atom is 0.322 e. The zero-order valence-electron chi connectivity index (χ0n) is 12.5. The van der Waals surface area contributed by atoms with E-state index in [2.05, 4.69) is 9.98 Å². The van der Waals surface area contributed by atoms with Crippen molar-refractivity contribution in [3.8, 4) is 0 Å². The highest BCUT2D eigenvalue weighted by atomic mass is 35.5. The number of carbonyl (C=O) groups excluding carboxylic acids is 2. The van der Waals surface area contributed by atoms with Gasteiger partial charge in [-0.2, -0.15) is 0 Å². The number of carbonyl (C=O) groups is 2. The Morgan fingerprint density at radius 2 is 2.23 bits per heavy atom. The van der Waals surface area contributed by atoms with Crippen LogP contribution in [0.4, 0.5) is 0 Å². The van der Waals surface area contributed by atoms with Crippen LogP contribution in [-0.2, 0) is 9.53 Å². The van der Waals surface area contributed by atoms with E-state index in [4.69, 9.17) is 16.3 Å². The Bertz CT molecular complexity index is 568. The van der Waals surface area contributed by atoms with E-state index in [9.17, 15) is 9.59 Å². The number of aromatic nitrogens is 1. The largest absolute Gasteiger partial charge is 0.465 e. The summed E-state index contributed by atoms with van der Waals surface area (Å²) >= 11 is 5.94. The normalized spacial score (nSPS) is 16.8. The van der Waals surface area contributed by atoms with Crippen LogP contribution < -0.4 is 0 Å². The van der Waals surface area contributed by atoms with Crippen LogP contribution in [-0.4, -0.2) is 35.6 Å². The topological polar surface area (TPSA) is 68.6 Å². The second-order valence-electron chi connectivity index (χ2n) is 5.17. The molecule has 1 unspecified atom stereocenters. The lowest BCUT2D eigenvalue weighted by Gasteiger charge is -2.12. The lowest BCUT2D eigenvalue weighted by Crippen LogP contribution is -2.28. The number of halogens is 1. The molecule has 1 heterocycles. The van der Waals surface area contributed by atoms with E-state index in [1.54, 1.807) is 19.1 Å². The number of rotatable bonds is 6. The van der Waals surface area contributed by atoms with Crippen LogP contribution in [0, 0.1) is 5.92 Å². The molecule has 0 radical (unpaired) electrons. The number of aliphatic imine (C=N–C) groups is 1. The third-order valence-electron chi connectivity index (χ3n) is 3.62. The highest BCUT2D eigenvalue weighted by Crippen LogP contribution is 2.22. The van der Waals surface area contributed by atoms with Gasteiger partial charge in [0.1, 0.15) is 5.15 Å². The molecule has 1 aliphatic rings. The molecule has 2 rings (SSSR count). The summed E-state index contributed by atoms with van der Waals surface area (Å²) in [6.07, 6.45) is 7.16. The Morgan fingerprint density at radius 1 is 1.50 bits per heavy atom. The van der Waals surface area contributed by atoms with Gasteiger partial charge in [-0.05, 0) is 31.9 Å². The maximum absolute atomic E-state index is 12.6. The summed E-state index contributed by atoms with van der Waals surface area (Å²) in [5.41, 5.74) is 0.208. The summed E-state index contributed by atoms with van der Waals surface area (Å²) in [7, 11) is 0. The van der Waals surface area contributed by atoms with Crippen molar-refractivity contribution in [1.29, 1.82) is 0 Å². The molecule has 0 N–H and O–H groups in total. The number of nitrogens with zero attached hydrogens (tertiary/aromatic N) is 2. The Balaban J connectivity index is 2.21. The average molecular weight is 323 g/mol. The molecule has 22 heavy (non-hydrogen) atoms. The first kappa shape index (κ1) is 16.6. The summed E-state index contributed by atoms with van der Waals surface area (Å²) in [4.78, 5) is 32.9. The van der Waals surface area contributed by atoms with Gasteiger partial charge in [0.05, 0.1) is 12.2 Å². The minimum Gasteiger partial charge on any atom is -0.465 e. The SMILES string of the molecule is CCOC(=O)C(C=NC1CCCC1)C(=O)c1cccnc1Cl. The molecule has 0 bridgehead atoms. The Hall–Kier alpha value is -1.75. The van der Waals surface area contributed by atoms with Gasteiger partial charge < -0.3 is 4.74 Å². The highest BCUT2D eigenvalue weighted by Gasteiger charge is 2.29. The van der Waals surface area contributed by atoms with Gasteiger partial charge in [0.15, 0.2) is 11.7 Å². The molecular weight excluding hydrogens is 304 g/mol. The summed E-state index contributed by atoms with van der Waals surface area (Å²) in [5.74, 6) is -2.10. The molecule has 0 spiro atoms. The Labute approximate surface area is 134 Å². The minimum absolute atomic E-state index is 0.0797. The molecule has 0 aromatic carbocycles. The third kappa shape index (κ3) is 4.13. The van der Waals surface area contributed by atoms with Crippen LogP contribution in [0.1, 0.15) is 43.0 Å². The molecule has 1 fully saturated rings. The smallest absolute Gasteiger partial charge is 0.322 e. The third-order valence-corrected chi connectivity index (χ3v) is 3.92. The number of hydrogen-bond acceptors (Lipinski definition) is 5. The van der Waals surface area contributed by atoms with E-state index in [1.165, 1.54) is 12.4 Å². The predicted molar refractivity (Wildman–Crippen MR) is 84.4 cm³/mol. The van der Waals surface area contributed by atoms with Gasteiger partial charge in [-0.3, -0.25) is 14.6 Å². The summed E-state index contributed by atoms with van der Waals surface area (Å²) in [5, 5.41) is 0.0797. The van der Waals surface area contributed by atoms with E-state index in [0.717, 1.165) is 25.7 Å². The Kier molecular flexibility index (Phi) is 6.07. The van der Waals surface area contributed by atoms with Gasteiger partial charge in [0.2, 0.25) is 0 Å². The van der Waals surface area contributed by atoms with Crippen molar-refractivity contribution >= 4 is 29.6 Å². The number of hydrogen-bond donors (Lipinski definition) is 0. The van der Waals surface area contributed by atoms with Crippen molar-refractivity contribution in [2.75, 3.05) is 6.61 Å². The molecule has 118 valence electrons. The molecule has 5 nitrogen and oxygen atoms in total. The van der Waals surface area contributed by atoms with E-state index < -0.39 is 17.7 Å². The molecule has 0 saturated heterocycles. The first-order valence-corrected chi connectivity index (χ1v) is 7.86. The predicted octanol–water partition coefficient (Wildman–Crippen LogP) is 3.11. The average Bonchev–Trinajstić information content (AvgIpc) is 3.01. The molecule has 1 aromatic heterocycles. The number of ether oxygens (including phenoxy) is 1. The van der Waals surface area contributed by atoms with Crippen molar-refractivity contribution in [3.05, 3.63) is 29.0 Å². The van der Waals surface area contributed by atoms with Crippen LogP contribution in [0.3, 0.4) is 0 Å². The quantitative estimate of drug-likeness (QED) is 0.265. The van der Waals surface area contributed by atoms with Crippen molar-refractivity contribution in [3.63, 3.8) is 0 Å². The highest BCUT2D eigenvalue weighted by molar-refractivity contribution is 6.34. The molecular formula is C16H19ClN2O3. The van der Waals surface area contributed by atoms with E-state index in [1.807, 2.05) is 0 Å². The molecule has 1 aliphatic carbocycles. The van der Waals surface area contributed by atoms with Crippen molar-refractivity contribution in [1.82, 2.24) is 4.98 Å². The Morgan fingerprint density at radius 3 is 2.86 bits per heavy atom. The molecule has 1 atom stereocenters. The lowest BCUT2D eigenvalue weighted by atomic mass is 10.00. The van der Waals surface area contributed by atoms with Gasteiger partial charge in [-0.15, -0.1) is 0 Å². The number of Topliss-reactive ketones (excluding diaryl/α,β-unsaturated/α-hetero) is 1. The fraction of sp³-hybridized carbons (Fsp3) is 0.500. The first-order valence-electron chi connectivity index (χ1n) is 7.48. The fourth-order valence-electron chi connectivity index (χ4n) is 2.47. The zero-order chi connectivity index (χ0) is 15.9. The second kappa shape index (κ2) is 8.03. The first-order chi connectivity index (χ1) is 10.6. The van der Waals surface area contributed by atoms with Gasteiger partial charge in [-0.25, -0.2) is 4.98 Å².